The number of piperidine rings is 1. The first kappa shape index (κ1) is 32.0. The number of sulfone groups is 1. The lowest BCUT2D eigenvalue weighted by Crippen LogP contribution is -2.45. The minimum atomic E-state index is -3.24. The topological polar surface area (TPSA) is 86.8 Å². The molecule has 2 saturated heterocycles. The lowest BCUT2D eigenvalue weighted by Gasteiger charge is -2.38. The molecule has 42 heavy (non-hydrogen) atoms. The Morgan fingerprint density at radius 2 is 1.62 bits per heavy atom. The Bertz CT molecular complexity index is 1490. The zero-order valence-corrected chi connectivity index (χ0v) is 26.1. The predicted molar refractivity (Wildman–Crippen MR) is 168 cm³/mol. The van der Waals surface area contributed by atoms with Gasteiger partial charge in [-0.3, -0.25) is 9.59 Å². The van der Waals surface area contributed by atoms with Crippen molar-refractivity contribution in [2.24, 2.45) is 5.41 Å². The van der Waals surface area contributed by atoms with Gasteiger partial charge in [0.2, 0.25) is 5.91 Å². The lowest BCUT2D eigenvalue weighted by atomic mass is 9.77. The van der Waals surface area contributed by atoms with Gasteiger partial charge in [-0.1, -0.05) is 60.1 Å². The minimum absolute atomic E-state index is 0. The number of likely N-dealkylation sites (tertiary alicyclic amines) is 2. The van der Waals surface area contributed by atoms with Gasteiger partial charge in [0.25, 0.3) is 5.91 Å². The second kappa shape index (κ2) is 13.6. The molecule has 2 fully saturated rings. The Morgan fingerprint density at radius 3 is 2.26 bits per heavy atom. The van der Waals surface area contributed by atoms with Gasteiger partial charge in [0.05, 0.1) is 16.4 Å². The van der Waals surface area contributed by atoms with Crippen molar-refractivity contribution < 1.29 is 18.0 Å². The van der Waals surface area contributed by atoms with Gasteiger partial charge >= 0.3 is 0 Å². The van der Waals surface area contributed by atoms with Crippen LogP contribution >= 0.6 is 24.0 Å². The maximum Gasteiger partial charge on any atom is 0.251 e. The van der Waals surface area contributed by atoms with Crippen molar-refractivity contribution in [3.8, 4) is 0 Å². The molecule has 224 valence electrons. The van der Waals surface area contributed by atoms with E-state index in [9.17, 15) is 18.0 Å². The molecular weight excluding hydrogens is 593 g/mol. The number of hydrogen-bond acceptors (Lipinski definition) is 5. The molecule has 2 amide bonds. The van der Waals surface area contributed by atoms with E-state index in [4.69, 9.17) is 11.6 Å². The van der Waals surface area contributed by atoms with Crippen molar-refractivity contribution in [2.45, 2.75) is 43.2 Å². The molecule has 1 unspecified atom stereocenters. The third-order valence-electron chi connectivity index (χ3n) is 8.47. The quantitative estimate of drug-likeness (QED) is 0.336. The molecule has 1 atom stereocenters. The first-order valence-corrected chi connectivity index (χ1v) is 16.3. The minimum Gasteiger partial charge on any atom is -0.345 e. The summed E-state index contributed by atoms with van der Waals surface area (Å²) in [5, 5.41) is 3.72. The van der Waals surface area contributed by atoms with E-state index in [0.29, 0.717) is 17.1 Å². The zero-order chi connectivity index (χ0) is 29.0. The van der Waals surface area contributed by atoms with Gasteiger partial charge in [-0.2, -0.15) is 0 Å². The van der Waals surface area contributed by atoms with Crippen LogP contribution in [0, 0.1) is 5.41 Å². The normalized spacial score (nSPS) is 17.6. The summed E-state index contributed by atoms with van der Waals surface area (Å²) in [6, 6.07) is 23.6. The fourth-order valence-corrected chi connectivity index (χ4v) is 6.79. The summed E-state index contributed by atoms with van der Waals surface area (Å²) < 4.78 is 23.5. The number of rotatable bonds is 9. The third-order valence-corrected chi connectivity index (χ3v) is 9.83. The summed E-state index contributed by atoms with van der Waals surface area (Å²) >= 11 is 6.10. The predicted octanol–water partition coefficient (Wildman–Crippen LogP) is 5.54. The lowest BCUT2D eigenvalue weighted by molar-refractivity contribution is -0.138. The highest BCUT2D eigenvalue weighted by molar-refractivity contribution is 7.90. The first-order valence-electron chi connectivity index (χ1n) is 14.1. The molecule has 10 heteroatoms. The van der Waals surface area contributed by atoms with Crippen molar-refractivity contribution in [1.82, 2.24) is 15.1 Å². The van der Waals surface area contributed by atoms with Gasteiger partial charge in [0.15, 0.2) is 9.84 Å². The van der Waals surface area contributed by atoms with Crippen LogP contribution in [0.15, 0.2) is 83.8 Å². The number of nitrogens with zero attached hydrogens (tertiary/aromatic N) is 2. The monoisotopic (exact) mass is 629 g/mol. The molecular formula is C32H37Cl2N3O4S. The molecule has 7 nitrogen and oxygen atoms in total. The van der Waals surface area contributed by atoms with E-state index in [2.05, 4.69) is 10.2 Å². The van der Waals surface area contributed by atoms with Crippen molar-refractivity contribution >= 4 is 45.7 Å². The smallest absolute Gasteiger partial charge is 0.251 e. The maximum atomic E-state index is 13.5. The highest BCUT2D eigenvalue weighted by atomic mass is 35.5. The number of carbonyl (C=O) groups is 2. The summed E-state index contributed by atoms with van der Waals surface area (Å²) in [4.78, 5) is 31.1. The highest BCUT2D eigenvalue weighted by Crippen LogP contribution is 2.42. The molecule has 1 N–H and O–H groups in total. The molecule has 2 aliphatic rings. The number of nitrogens with one attached hydrogen (secondary N) is 1. The van der Waals surface area contributed by atoms with Gasteiger partial charge in [-0.15, -0.1) is 12.4 Å². The van der Waals surface area contributed by atoms with E-state index in [-0.39, 0.29) is 40.6 Å². The van der Waals surface area contributed by atoms with E-state index in [1.54, 1.807) is 48.5 Å². The highest BCUT2D eigenvalue weighted by Gasteiger charge is 2.47. The Kier molecular flexibility index (Phi) is 10.4. The van der Waals surface area contributed by atoms with Gasteiger partial charge in [-0.25, -0.2) is 8.42 Å². The summed E-state index contributed by atoms with van der Waals surface area (Å²) in [6.07, 6.45) is 4.44. The van der Waals surface area contributed by atoms with Crippen LogP contribution in [0.1, 0.15) is 53.2 Å². The van der Waals surface area contributed by atoms with Crippen LogP contribution in [0.3, 0.4) is 0 Å². The Balaban J connectivity index is 0.00000405. The Hall–Kier alpha value is -2.91. The van der Waals surface area contributed by atoms with Crippen LogP contribution in [0.5, 0.6) is 0 Å². The fourth-order valence-electron chi connectivity index (χ4n) is 5.97. The molecule has 0 bridgehead atoms. The van der Waals surface area contributed by atoms with Crippen molar-refractivity contribution in [3.05, 3.63) is 101 Å². The molecule has 1 spiro atoms. The number of amides is 2. The molecule has 2 aliphatic heterocycles. The van der Waals surface area contributed by atoms with Crippen LogP contribution in [-0.2, 0) is 21.2 Å². The molecule has 3 aromatic rings. The molecule has 0 saturated carbocycles. The zero-order valence-electron chi connectivity index (χ0n) is 23.7. The summed E-state index contributed by atoms with van der Waals surface area (Å²) in [7, 11) is -3.24. The molecule has 3 aromatic carbocycles. The number of carbonyl (C=O) groups excluding carboxylic acids is 2. The first-order chi connectivity index (χ1) is 19.6. The average Bonchev–Trinajstić information content (AvgIpc) is 3.26. The van der Waals surface area contributed by atoms with Crippen LogP contribution in [0.2, 0.25) is 5.02 Å². The van der Waals surface area contributed by atoms with Gasteiger partial charge in [0.1, 0.15) is 0 Å². The van der Waals surface area contributed by atoms with E-state index >= 15 is 0 Å². The van der Waals surface area contributed by atoms with Gasteiger partial charge in [-0.05, 0) is 80.2 Å². The summed E-state index contributed by atoms with van der Waals surface area (Å²) in [6.45, 7) is 3.71. The van der Waals surface area contributed by atoms with E-state index in [1.165, 1.54) is 6.26 Å². The van der Waals surface area contributed by atoms with Crippen LogP contribution < -0.4 is 5.32 Å². The molecule has 0 radical (unpaired) electrons. The number of benzene rings is 3. The molecule has 5 rings (SSSR count). The molecule has 2 heterocycles. The van der Waals surface area contributed by atoms with Crippen molar-refractivity contribution in [2.75, 3.05) is 32.4 Å². The van der Waals surface area contributed by atoms with E-state index < -0.39 is 9.84 Å². The van der Waals surface area contributed by atoms with Crippen LogP contribution in [-0.4, -0.2) is 62.5 Å². The fraction of sp³-hybridized carbons (Fsp3) is 0.375. The van der Waals surface area contributed by atoms with Gasteiger partial charge in [0, 0.05) is 36.5 Å². The summed E-state index contributed by atoms with van der Waals surface area (Å²) in [5.74, 6) is 0.0573. The third kappa shape index (κ3) is 7.53. The number of hydrogen-bond donors (Lipinski definition) is 1. The van der Waals surface area contributed by atoms with Gasteiger partial charge < -0.3 is 15.1 Å². The van der Waals surface area contributed by atoms with E-state index in [0.717, 1.165) is 63.0 Å². The summed E-state index contributed by atoms with van der Waals surface area (Å²) in [5.41, 5.74) is 2.21. The van der Waals surface area contributed by atoms with E-state index in [1.807, 2.05) is 35.2 Å². The molecule has 0 aliphatic carbocycles. The Morgan fingerprint density at radius 1 is 0.952 bits per heavy atom. The van der Waals surface area contributed by atoms with Crippen LogP contribution in [0.25, 0.3) is 0 Å². The van der Waals surface area contributed by atoms with Crippen molar-refractivity contribution in [3.63, 3.8) is 0 Å². The average molecular weight is 631 g/mol. The maximum absolute atomic E-state index is 13.5. The second-order valence-electron chi connectivity index (χ2n) is 11.3. The second-order valence-corrected chi connectivity index (χ2v) is 13.7. The van der Waals surface area contributed by atoms with Crippen molar-refractivity contribution in [1.29, 1.82) is 0 Å². The number of halogens is 2. The van der Waals surface area contributed by atoms with Crippen LogP contribution in [0.4, 0.5) is 0 Å². The largest absolute Gasteiger partial charge is 0.345 e. The molecule has 0 aromatic heterocycles. The Labute approximate surface area is 259 Å². The SMILES string of the molecule is CS(=O)(=O)c1ccc(CN2CCC3(CCN(CCC(NC(=O)c4cccc(Cl)c4)c4ccccc4)CC3)C2=O)cc1.Cl. The standard InChI is InChI=1S/C32H36ClN3O4S.ClH/c1-41(39,40)28-12-10-24(11-13-28)23-36-21-17-32(31(36)38)15-19-35(20-16-32)18-14-29(25-6-3-2-4-7-25)34-30(37)26-8-5-9-27(33)22-26;/h2-13,22,29H,14-21,23H2,1H3,(H,34,37);1H.